The molecule has 130 valence electrons. The summed E-state index contributed by atoms with van der Waals surface area (Å²) < 4.78 is 0. The summed E-state index contributed by atoms with van der Waals surface area (Å²) in [5.41, 5.74) is 0. The molecule has 0 aliphatic carbocycles. The molecule has 0 bridgehead atoms. The third-order valence-corrected chi connectivity index (χ3v) is 3.48. The summed E-state index contributed by atoms with van der Waals surface area (Å²) in [4.78, 5) is 21.9. The van der Waals surface area contributed by atoms with Crippen LogP contribution in [0, 0.1) is 0 Å². The van der Waals surface area contributed by atoms with Gasteiger partial charge < -0.3 is 5.11 Å². The smallest absolute Gasteiger partial charge is 0.303 e. The maximum absolute atomic E-state index is 11.5. The van der Waals surface area contributed by atoms with E-state index in [9.17, 15) is 9.59 Å². The number of carboxylic acid groups (broad SMARTS) is 1. The lowest BCUT2D eigenvalue weighted by atomic mass is 10.1. The Morgan fingerprint density at radius 3 is 2.26 bits per heavy atom. The van der Waals surface area contributed by atoms with Crippen molar-refractivity contribution in [2.45, 2.75) is 77.6 Å². The van der Waals surface area contributed by atoms with Crippen molar-refractivity contribution in [2.75, 3.05) is 0 Å². The Morgan fingerprint density at radius 2 is 1.52 bits per heavy atom. The number of carbonyl (C=O) groups excluding carboxylic acids is 1. The molecule has 23 heavy (non-hydrogen) atoms. The summed E-state index contributed by atoms with van der Waals surface area (Å²) in [6.45, 7) is 2.15. The van der Waals surface area contributed by atoms with Crippen molar-refractivity contribution in [2.24, 2.45) is 0 Å². The van der Waals surface area contributed by atoms with E-state index in [0.717, 1.165) is 57.8 Å². The lowest BCUT2D eigenvalue weighted by molar-refractivity contribution is -0.137. The second-order valence-corrected chi connectivity index (χ2v) is 5.74. The van der Waals surface area contributed by atoms with Crippen molar-refractivity contribution in [3.63, 3.8) is 0 Å². The topological polar surface area (TPSA) is 54.4 Å². The highest BCUT2D eigenvalue weighted by atomic mass is 16.4. The molecule has 0 aromatic carbocycles. The van der Waals surface area contributed by atoms with Crippen molar-refractivity contribution < 1.29 is 14.7 Å². The average molecular weight is 320 g/mol. The van der Waals surface area contributed by atoms with Gasteiger partial charge in [0.25, 0.3) is 0 Å². The summed E-state index contributed by atoms with van der Waals surface area (Å²) in [6, 6.07) is 0. The minimum atomic E-state index is -0.719. The second kappa shape index (κ2) is 16.7. The first-order valence-electron chi connectivity index (χ1n) is 8.87. The van der Waals surface area contributed by atoms with E-state index in [1.54, 1.807) is 0 Å². The molecule has 0 atom stereocenters. The van der Waals surface area contributed by atoms with E-state index in [1.807, 2.05) is 12.2 Å². The third-order valence-electron chi connectivity index (χ3n) is 3.48. The number of carbonyl (C=O) groups is 2. The molecule has 0 amide bonds. The molecule has 3 nitrogen and oxygen atoms in total. The van der Waals surface area contributed by atoms with E-state index < -0.39 is 5.97 Å². The van der Waals surface area contributed by atoms with Crippen LogP contribution in [0.2, 0.25) is 0 Å². The highest BCUT2D eigenvalue weighted by molar-refractivity contribution is 5.78. The number of hydrogen-bond acceptors (Lipinski definition) is 2. The van der Waals surface area contributed by atoms with Gasteiger partial charge in [0.05, 0.1) is 0 Å². The quantitative estimate of drug-likeness (QED) is 0.242. The Kier molecular flexibility index (Phi) is 15.5. The number of aliphatic carboxylic acids is 1. The van der Waals surface area contributed by atoms with E-state index in [1.165, 1.54) is 0 Å². The molecule has 0 aromatic heterocycles. The largest absolute Gasteiger partial charge is 0.481 e. The van der Waals surface area contributed by atoms with Gasteiger partial charge in [-0.25, -0.2) is 0 Å². The Labute approximate surface area is 141 Å². The van der Waals surface area contributed by atoms with Crippen LogP contribution in [0.3, 0.4) is 0 Å². The summed E-state index contributed by atoms with van der Waals surface area (Å²) in [7, 11) is 0. The molecule has 0 saturated heterocycles. The number of carboxylic acids is 1. The van der Waals surface area contributed by atoms with Gasteiger partial charge in [-0.15, -0.1) is 0 Å². The normalized spacial score (nSPS) is 11.9. The molecule has 0 aromatic rings. The fraction of sp³-hybridized carbons (Fsp3) is 0.600. The van der Waals surface area contributed by atoms with E-state index in [-0.39, 0.29) is 6.42 Å². The fourth-order valence-electron chi connectivity index (χ4n) is 2.10. The van der Waals surface area contributed by atoms with Gasteiger partial charge in [0.2, 0.25) is 0 Å². The Balaban J connectivity index is 3.47. The maximum Gasteiger partial charge on any atom is 0.303 e. The SMILES string of the molecule is CCCCCC(=O)CC/C=C\C/C=C\C=C\CCCCC(=O)O. The van der Waals surface area contributed by atoms with Gasteiger partial charge >= 0.3 is 5.97 Å². The molecule has 3 heteroatoms. The molecular weight excluding hydrogens is 288 g/mol. The number of allylic oxidation sites excluding steroid dienone is 6. The Bertz CT molecular complexity index is 392. The summed E-state index contributed by atoms with van der Waals surface area (Å²) >= 11 is 0. The molecule has 0 aliphatic rings. The first kappa shape index (κ1) is 21.4. The molecule has 0 fully saturated rings. The third kappa shape index (κ3) is 18.3. The highest BCUT2D eigenvalue weighted by Crippen LogP contribution is 2.04. The van der Waals surface area contributed by atoms with Gasteiger partial charge in [0, 0.05) is 19.3 Å². The van der Waals surface area contributed by atoms with Gasteiger partial charge in [0.1, 0.15) is 5.78 Å². The van der Waals surface area contributed by atoms with Gasteiger partial charge in [-0.3, -0.25) is 9.59 Å². The summed E-state index contributed by atoms with van der Waals surface area (Å²) in [5, 5.41) is 8.50. The van der Waals surface area contributed by atoms with Crippen molar-refractivity contribution >= 4 is 11.8 Å². The second-order valence-electron chi connectivity index (χ2n) is 5.74. The number of rotatable bonds is 15. The van der Waals surface area contributed by atoms with Gasteiger partial charge in [-0.2, -0.15) is 0 Å². The molecule has 0 unspecified atom stereocenters. The van der Waals surface area contributed by atoms with Gasteiger partial charge in [-0.05, 0) is 38.5 Å². The summed E-state index contributed by atoms with van der Waals surface area (Å²) in [5.74, 6) is -0.340. The maximum atomic E-state index is 11.5. The molecule has 0 heterocycles. The molecule has 0 rings (SSSR count). The van der Waals surface area contributed by atoms with E-state index >= 15 is 0 Å². The minimum absolute atomic E-state index is 0.260. The Hall–Kier alpha value is -1.64. The van der Waals surface area contributed by atoms with E-state index in [4.69, 9.17) is 5.11 Å². The number of unbranched alkanes of at least 4 members (excludes halogenated alkanes) is 4. The zero-order valence-corrected chi connectivity index (χ0v) is 14.5. The Morgan fingerprint density at radius 1 is 0.783 bits per heavy atom. The van der Waals surface area contributed by atoms with Crippen LogP contribution in [0.15, 0.2) is 36.5 Å². The lowest BCUT2D eigenvalue weighted by Crippen LogP contribution is -1.96. The van der Waals surface area contributed by atoms with Crippen LogP contribution >= 0.6 is 0 Å². The van der Waals surface area contributed by atoms with E-state index in [0.29, 0.717) is 12.2 Å². The number of ketones is 1. The van der Waals surface area contributed by atoms with Crippen molar-refractivity contribution in [3.8, 4) is 0 Å². The van der Waals surface area contributed by atoms with Crippen LogP contribution < -0.4 is 0 Å². The van der Waals surface area contributed by atoms with Crippen LogP contribution in [0.25, 0.3) is 0 Å². The van der Waals surface area contributed by atoms with Gasteiger partial charge in [0.15, 0.2) is 0 Å². The minimum Gasteiger partial charge on any atom is -0.481 e. The van der Waals surface area contributed by atoms with Crippen molar-refractivity contribution in [3.05, 3.63) is 36.5 Å². The van der Waals surface area contributed by atoms with Crippen LogP contribution in [0.1, 0.15) is 77.6 Å². The molecular formula is C20H32O3. The summed E-state index contributed by atoms with van der Waals surface area (Å²) in [6.07, 6.45) is 21.7. The fourth-order valence-corrected chi connectivity index (χ4v) is 2.10. The zero-order valence-electron chi connectivity index (χ0n) is 14.5. The van der Waals surface area contributed by atoms with Crippen LogP contribution in [0.5, 0.6) is 0 Å². The molecule has 0 aliphatic heterocycles. The predicted molar refractivity (Wildman–Crippen MR) is 96.5 cm³/mol. The molecule has 0 saturated carbocycles. The van der Waals surface area contributed by atoms with E-state index in [2.05, 4.69) is 31.2 Å². The van der Waals surface area contributed by atoms with Crippen LogP contribution in [-0.4, -0.2) is 16.9 Å². The first-order chi connectivity index (χ1) is 11.2. The molecule has 0 radical (unpaired) electrons. The molecule has 0 spiro atoms. The van der Waals surface area contributed by atoms with Crippen LogP contribution in [0.4, 0.5) is 0 Å². The average Bonchev–Trinajstić information content (AvgIpc) is 2.51. The molecule has 1 N–H and O–H groups in total. The highest BCUT2D eigenvalue weighted by Gasteiger charge is 1.99. The van der Waals surface area contributed by atoms with Crippen molar-refractivity contribution in [1.82, 2.24) is 0 Å². The standard InChI is InChI=1S/C20H32O3/c1-2-3-13-16-19(21)17-14-11-9-7-5-4-6-8-10-12-15-18-20(22)23/h4-6,8-9,11H,2-3,7,10,12-18H2,1H3,(H,22,23)/b5-4-,8-6+,11-9-. The number of hydrogen-bond donors (Lipinski definition) is 1. The van der Waals surface area contributed by atoms with Crippen molar-refractivity contribution in [1.29, 1.82) is 0 Å². The van der Waals surface area contributed by atoms with Crippen LogP contribution in [-0.2, 0) is 9.59 Å². The lowest BCUT2D eigenvalue weighted by Gasteiger charge is -1.97. The first-order valence-corrected chi connectivity index (χ1v) is 8.87. The van der Waals surface area contributed by atoms with Gasteiger partial charge in [-0.1, -0.05) is 56.2 Å². The zero-order chi connectivity index (χ0) is 17.2. The monoisotopic (exact) mass is 320 g/mol. The predicted octanol–water partition coefficient (Wildman–Crippen LogP) is 5.62. The number of Topliss-reactive ketones (excluding diaryl/α,β-unsaturated/α-hetero) is 1.